The number of likely N-dealkylation sites (tertiary alicyclic amines) is 1. The molecule has 2 aliphatic carbocycles. The Balaban J connectivity index is 1.31. The van der Waals surface area contributed by atoms with Gasteiger partial charge in [0.05, 0.1) is 16.9 Å². The van der Waals surface area contributed by atoms with Gasteiger partial charge in [-0.1, -0.05) is 54.1 Å². The lowest BCUT2D eigenvalue weighted by Gasteiger charge is -2.26. The molecule has 1 saturated carbocycles. The first-order chi connectivity index (χ1) is 16.8. The molecule has 2 fully saturated rings. The van der Waals surface area contributed by atoms with Gasteiger partial charge in [0.25, 0.3) is 5.91 Å². The van der Waals surface area contributed by atoms with E-state index in [-0.39, 0.29) is 30.1 Å². The molecule has 35 heavy (non-hydrogen) atoms. The van der Waals surface area contributed by atoms with E-state index in [0.717, 1.165) is 16.9 Å². The molecule has 2 bridgehead atoms. The van der Waals surface area contributed by atoms with Gasteiger partial charge in [0, 0.05) is 16.6 Å². The van der Waals surface area contributed by atoms with E-state index < -0.39 is 36.4 Å². The van der Waals surface area contributed by atoms with Gasteiger partial charge in [-0.05, 0) is 57.9 Å². The molecule has 3 amide bonds. The number of amides is 3. The van der Waals surface area contributed by atoms with Crippen molar-refractivity contribution in [3.63, 3.8) is 0 Å². The molecule has 5 atom stereocenters. The first-order valence-electron chi connectivity index (χ1n) is 11.3. The summed E-state index contributed by atoms with van der Waals surface area (Å²) in [5, 5.41) is 3.04. The summed E-state index contributed by atoms with van der Waals surface area (Å²) < 4.78 is 5.99. The second-order valence-corrected chi connectivity index (χ2v) is 10.3. The summed E-state index contributed by atoms with van der Waals surface area (Å²) in [5.41, 5.74) is 1.22. The zero-order valence-corrected chi connectivity index (χ0v) is 20.9. The van der Waals surface area contributed by atoms with Crippen molar-refractivity contribution in [2.45, 2.75) is 18.9 Å². The molecular formula is C26H22BrClN2O5. The summed E-state index contributed by atoms with van der Waals surface area (Å²) in [6.07, 6.45) is 4.92. The van der Waals surface area contributed by atoms with Crippen molar-refractivity contribution in [1.29, 1.82) is 0 Å². The van der Waals surface area contributed by atoms with Crippen molar-refractivity contribution in [2.75, 3.05) is 11.9 Å². The van der Waals surface area contributed by atoms with Gasteiger partial charge in [0.15, 0.2) is 6.61 Å². The van der Waals surface area contributed by atoms with Crippen LogP contribution >= 0.6 is 27.5 Å². The first kappa shape index (κ1) is 23.8. The molecule has 0 unspecified atom stereocenters. The van der Waals surface area contributed by atoms with Crippen LogP contribution < -0.4 is 5.32 Å². The SMILES string of the molecule is O=C(COC(=O)[C@H](Cc1ccccc1)N1C(=O)[C@@H]2[C@H](C1=O)[C@H]1C=C[C@H]2C1)Nc1ccc(Br)c(Cl)c1. The molecule has 9 heteroatoms. The molecule has 0 aromatic heterocycles. The molecule has 180 valence electrons. The fourth-order valence-corrected chi connectivity index (χ4v) is 5.78. The number of fused-ring (bicyclic) bond motifs is 5. The van der Waals surface area contributed by atoms with Crippen molar-refractivity contribution in [3.05, 3.63) is 75.7 Å². The minimum atomic E-state index is -1.14. The Labute approximate surface area is 215 Å². The van der Waals surface area contributed by atoms with Gasteiger partial charge in [-0.2, -0.15) is 0 Å². The van der Waals surface area contributed by atoms with E-state index in [1.165, 1.54) is 0 Å². The second-order valence-electron chi connectivity index (χ2n) is 9.04. The van der Waals surface area contributed by atoms with E-state index >= 15 is 0 Å². The highest BCUT2D eigenvalue weighted by Gasteiger charge is 2.61. The number of hydrogen-bond donors (Lipinski definition) is 1. The van der Waals surface area contributed by atoms with Crippen LogP contribution in [0.5, 0.6) is 0 Å². The van der Waals surface area contributed by atoms with Gasteiger partial charge < -0.3 is 10.1 Å². The van der Waals surface area contributed by atoms with Crippen LogP contribution in [0.4, 0.5) is 5.69 Å². The number of ether oxygens (including phenoxy) is 1. The number of anilines is 1. The Morgan fingerprint density at radius 1 is 1.06 bits per heavy atom. The molecular weight excluding hydrogens is 536 g/mol. The van der Waals surface area contributed by atoms with Crippen LogP contribution in [0.25, 0.3) is 0 Å². The minimum absolute atomic E-state index is 0.0309. The standard InChI is InChI=1S/C26H22BrClN2O5/c27-18-9-8-17(12-19(18)28)29-21(31)13-35-26(34)20(10-14-4-2-1-3-5-14)30-24(32)22-15-6-7-16(11-15)23(22)25(30)33/h1-9,12,15-16,20,22-23H,10-11,13H2,(H,29,31)/t15-,16-,20-,22-,23+/m0/s1. The Morgan fingerprint density at radius 3 is 2.34 bits per heavy atom. The topological polar surface area (TPSA) is 92.8 Å². The second kappa shape index (κ2) is 9.59. The number of hydrogen-bond acceptors (Lipinski definition) is 5. The van der Waals surface area contributed by atoms with Crippen LogP contribution in [0, 0.1) is 23.7 Å². The number of carbonyl (C=O) groups excluding carboxylic acids is 4. The van der Waals surface area contributed by atoms with Crippen LogP contribution in [-0.4, -0.2) is 41.2 Å². The summed E-state index contributed by atoms with van der Waals surface area (Å²) in [6.45, 7) is -0.562. The molecule has 3 aliphatic rings. The fourth-order valence-electron chi connectivity index (χ4n) is 5.35. The quantitative estimate of drug-likeness (QED) is 0.316. The van der Waals surface area contributed by atoms with Gasteiger partial charge in [-0.25, -0.2) is 4.79 Å². The summed E-state index contributed by atoms with van der Waals surface area (Å²) in [5.74, 6) is -2.80. The Bertz CT molecular complexity index is 1200. The largest absolute Gasteiger partial charge is 0.454 e. The summed E-state index contributed by atoms with van der Waals surface area (Å²) >= 11 is 9.33. The first-order valence-corrected chi connectivity index (χ1v) is 12.5. The van der Waals surface area contributed by atoms with Crippen molar-refractivity contribution in [3.8, 4) is 0 Å². The zero-order chi connectivity index (χ0) is 24.7. The van der Waals surface area contributed by atoms with Crippen molar-refractivity contribution in [1.82, 2.24) is 4.90 Å². The molecule has 1 saturated heterocycles. The number of rotatable bonds is 7. The van der Waals surface area contributed by atoms with E-state index in [4.69, 9.17) is 16.3 Å². The van der Waals surface area contributed by atoms with Gasteiger partial charge >= 0.3 is 5.97 Å². The highest BCUT2D eigenvalue weighted by Crippen LogP contribution is 2.53. The lowest BCUT2D eigenvalue weighted by molar-refractivity contribution is -0.160. The van der Waals surface area contributed by atoms with Gasteiger partial charge in [-0.3, -0.25) is 19.3 Å². The average molecular weight is 558 g/mol. The third-order valence-electron chi connectivity index (χ3n) is 6.91. The Morgan fingerprint density at radius 2 is 1.71 bits per heavy atom. The Kier molecular flexibility index (Phi) is 6.51. The van der Waals surface area contributed by atoms with Crippen LogP contribution in [0.15, 0.2) is 65.2 Å². The molecule has 1 N–H and O–H groups in total. The average Bonchev–Trinajstić information content (AvgIpc) is 3.53. The van der Waals surface area contributed by atoms with E-state index in [1.54, 1.807) is 18.2 Å². The number of nitrogens with one attached hydrogen (secondary N) is 1. The van der Waals surface area contributed by atoms with Crippen LogP contribution in [0.2, 0.25) is 5.02 Å². The predicted octanol–water partition coefficient (Wildman–Crippen LogP) is 4.00. The highest BCUT2D eigenvalue weighted by molar-refractivity contribution is 9.10. The number of esters is 1. The van der Waals surface area contributed by atoms with Crippen molar-refractivity contribution >= 4 is 56.9 Å². The van der Waals surface area contributed by atoms with Gasteiger partial charge in [-0.15, -0.1) is 0 Å². The number of carbonyl (C=O) groups is 4. The molecule has 1 heterocycles. The lowest BCUT2D eigenvalue weighted by atomic mass is 9.85. The van der Waals surface area contributed by atoms with E-state index in [2.05, 4.69) is 21.2 Å². The van der Waals surface area contributed by atoms with Gasteiger partial charge in [0.2, 0.25) is 11.8 Å². The fraction of sp³-hybridized carbons (Fsp3) is 0.308. The van der Waals surface area contributed by atoms with E-state index in [0.29, 0.717) is 15.2 Å². The van der Waals surface area contributed by atoms with Crippen LogP contribution in [0.3, 0.4) is 0 Å². The van der Waals surface area contributed by atoms with Crippen LogP contribution in [0.1, 0.15) is 12.0 Å². The predicted molar refractivity (Wildman–Crippen MR) is 132 cm³/mol. The summed E-state index contributed by atoms with van der Waals surface area (Å²) in [4.78, 5) is 53.3. The van der Waals surface area contributed by atoms with Crippen LogP contribution in [-0.2, 0) is 30.3 Å². The number of benzene rings is 2. The Hall–Kier alpha value is -2.97. The summed E-state index contributed by atoms with van der Waals surface area (Å²) in [6, 6.07) is 12.9. The van der Waals surface area contributed by atoms with E-state index in [1.807, 2.05) is 42.5 Å². The third-order valence-corrected chi connectivity index (χ3v) is 8.14. The maximum absolute atomic E-state index is 13.3. The number of imide groups is 1. The summed E-state index contributed by atoms with van der Waals surface area (Å²) in [7, 11) is 0. The monoisotopic (exact) mass is 556 g/mol. The number of halogens is 2. The molecule has 0 spiro atoms. The number of nitrogens with zero attached hydrogens (tertiary/aromatic N) is 1. The highest BCUT2D eigenvalue weighted by atomic mass is 79.9. The molecule has 1 aliphatic heterocycles. The zero-order valence-electron chi connectivity index (χ0n) is 18.5. The smallest absolute Gasteiger partial charge is 0.330 e. The molecule has 0 radical (unpaired) electrons. The molecule has 2 aromatic carbocycles. The number of allylic oxidation sites excluding steroid dienone is 2. The van der Waals surface area contributed by atoms with Gasteiger partial charge in [0.1, 0.15) is 6.04 Å². The molecule has 5 rings (SSSR count). The maximum atomic E-state index is 13.3. The molecule has 2 aromatic rings. The third kappa shape index (κ3) is 4.52. The maximum Gasteiger partial charge on any atom is 0.330 e. The van der Waals surface area contributed by atoms with E-state index in [9.17, 15) is 19.2 Å². The van der Waals surface area contributed by atoms with Crippen molar-refractivity contribution in [2.24, 2.45) is 23.7 Å². The lowest BCUT2D eigenvalue weighted by Crippen LogP contribution is -2.48. The molecule has 7 nitrogen and oxygen atoms in total. The minimum Gasteiger partial charge on any atom is -0.454 e. The normalized spacial score (nSPS) is 25.0. The van der Waals surface area contributed by atoms with Crippen molar-refractivity contribution < 1.29 is 23.9 Å².